The second kappa shape index (κ2) is 6.71. The fourth-order valence-electron chi connectivity index (χ4n) is 3.01. The molecule has 3 rings (SSSR count). The predicted octanol–water partition coefficient (Wildman–Crippen LogP) is 3.13. The summed E-state index contributed by atoms with van der Waals surface area (Å²) in [6.45, 7) is 6.27. The van der Waals surface area contributed by atoms with E-state index in [-0.39, 0.29) is 0 Å². The van der Waals surface area contributed by atoms with Crippen molar-refractivity contribution in [3.8, 4) is 0 Å². The van der Waals surface area contributed by atoms with Crippen molar-refractivity contribution in [3.05, 3.63) is 33.5 Å². The van der Waals surface area contributed by atoms with Crippen LogP contribution in [-0.4, -0.2) is 21.3 Å². The van der Waals surface area contributed by atoms with Gasteiger partial charge in [-0.15, -0.1) is 11.3 Å². The Labute approximate surface area is 130 Å². The zero-order valence-electron chi connectivity index (χ0n) is 12.9. The molecular formula is C16H24N4S. The first kappa shape index (κ1) is 14.7. The molecule has 0 radical (unpaired) electrons. The number of fused-ring (bicyclic) bond motifs is 1. The highest BCUT2D eigenvalue weighted by Crippen LogP contribution is 2.34. The number of nitrogens with zero attached hydrogens (tertiary/aromatic N) is 3. The first-order valence-corrected chi connectivity index (χ1v) is 8.85. The average molecular weight is 304 g/mol. The molecule has 0 bridgehead atoms. The van der Waals surface area contributed by atoms with Crippen LogP contribution in [-0.2, 0) is 25.8 Å². The van der Waals surface area contributed by atoms with E-state index in [0.717, 1.165) is 31.8 Å². The summed E-state index contributed by atoms with van der Waals surface area (Å²) >= 11 is 2.00. The molecule has 0 amide bonds. The van der Waals surface area contributed by atoms with Gasteiger partial charge in [0.05, 0.1) is 0 Å². The molecule has 0 fully saturated rings. The first-order valence-electron chi connectivity index (χ1n) is 8.03. The van der Waals surface area contributed by atoms with Crippen molar-refractivity contribution in [1.29, 1.82) is 0 Å². The normalized spacial score (nSPS) is 15.3. The van der Waals surface area contributed by atoms with Gasteiger partial charge in [0.1, 0.15) is 12.2 Å². The number of aryl methyl sites for hydroxylation is 3. The van der Waals surface area contributed by atoms with Crippen molar-refractivity contribution in [2.75, 3.05) is 6.54 Å². The molecule has 0 aliphatic heterocycles. The topological polar surface area (TPSA) is 42.7 Å². The van der Waals surface area contributed by atoms with E-state index >= 15 is 0 Å². The summed E-state index contributed by atoms with van der Waals surface area (Å²) in [5, 5.41) is 7.99. The van der Waals surface area contributed by atoms with Gasteiger partial charge < -0.3 is 5.32 Å². The molecule has 1 unspecified atom stereocenters. The Morgan fingerprint density at radius 3 is 3.05 bits per heavy atom. The number of rotatable bonds is 7. The van der Waals surface area contributed by atoms with E-state index in [0.29, 0.717) is 6.04 Å². The molecule has 5 heteroatoms. The molecule has 2 aromatic rings. The number of nitrogens with one attached hydrogen (secondary N) is 1. The van der Waals surface area contributed by atoms with Crippen LogP contribution in [0.3, 0.4) is 0 Å². The van der Waals surface area contributed by atoms with E-state index in [1.165, 1.54) is 24.1 Å². The van der Waals surface area contributed by atoms with Crippen LogP contribution in [0.4, 0.5) is 0 Å². The van der Waals surface area contributed by atoms with E-state index in [2.05, 4.69) is 35.3 Å². The molecule has 2 aromatic heterocycles. The lowest BCUT2D eigenvalue weighted by atomic mass is 10.1. The summed E-state index contributed by atoms with van der Waals surface area (Å²) in [5.41, 5.74) is 1.58. The van der Waals surface area contributed by atoms with Gasteiger partial charge in [-0.3, -0.25) is 4.68 Å². The van der Waals surface area contributed by atoms with Gasteiger partial charge in [-0.25, -0.2) is 4.98 Å². The fraction of sp³-hybridized carbons (Fsp3) is 0.625. The van der Waals surface area contributed by atoms with Crippen molar-refractivity contribution in [2.24, 2.45) is 0 Å². The third-order valence-corrected chi connectivity index (χ3v) is 5.48. The molecule has 2 heterocycles. The van der Waals surface area contributed by atoms with Crippen molar-refractivity contribution in [3.63, 3.8) is 0 Å². The summed E-state index contributed by atoms with van der Waals surface area (Å²) in [6.07, 6.45) is 7.61. The minimum Gasteiger partial charge on any atom is -0.309 e. The number of hydrogen-bond acceptors (Lipinski definition) is 4. The van der Waals surface area contributed by atoms with Crippen molar-refractivity contribution in [1.82, 2.24) is 20.1 Å². The largest absolute Gasteiger partial charge is 0.309 e. The van der Waals surface area contributed by atoms with Crippen LogP contribution in [0.25, 0.3) is 0 Å². The summed E-state index contributed by atoms with van der Waals surface area (Å²) < 4.78 is 2.00. The van der Waals surface area contributed by atoms with E-state index in [9.17, 15) is 0 Å². The Bertz CT molecular complexity index is 565. The molecular weight excluding hydrogens is 280 g/mol. The Kier molecular flexibility index (Phi) is 4.70. The maximum absolute atomic E-state index is 4.44. The Morgan fingerprint density at radius 1 is 1.38 bits per heavy atom. The third-order valence-electron chi connectivity index (χ3n) is 4.13. The van der Waals surface area contributed by atoms with E-state index < -0.39 is 0 Å². The smallest absolute Gasteiger partial charge is 0.138 e. The van der Waals surface area contributed by atoms with Crippen LogP contribution in [0.15, 0.2) is 12.4 Å². The molecule has 1 N–H and O–H groups in total. The van der Waals surface area contributed by atoms with Crippen molar-refractivity contribution >= 4 is 11.3 Å². The van der Waals surface area contributed by atoms with Gasteiger partial charge in [0.15, 0.2) is 0 Å². The van der Waals surface area contributed by atoms with Gasteiger partial charge in [-0.1, -0.05) is 6.92 Å². The Morgan fingerprint density at radius 2 is 2.29 bits per heavy atom. The van der Waals surface area contributed by atoms with Gasteiger partial charge in [-0.05, 0) is 50.8 Å². The number of aromatic nitrogens is 3. The highest BCUT2D eigenvalue weighted by molar-refractivity contribution is 7.12. The maximum Gasteiger partial charge on any atom is 0.138 e. The average Bonchev–Trinajstić information content (AvgIpc) is 3.17. The van der Waals surface area contributed by atoms with Crippen LogP contribution in [0.1, 0.15) is 53.9 Å². The summed E-state index contributed by atoms with van der Waals surface area (Å²) in [4.78, 5) is 7.51. The van der Waals surface area contributed by atoms with E-state index in [1.54, 1.807) is 16.8 Å². The lowest BCUT2D eigenvalue weighted by Crippen LogP contribution is -2.24. The van der Waals surface area contributed by atoms with Crippen LogP contribution in [0.5, 0.6) is 0 Å². The molecule has 0 spiro atoms. The second-order valence-electron chi connectivity index (χ2n) is 5.65. The van der Waals surface area contributed by atoms with Gasteiger partial charge >= 0.3 is 0 Å². The van der Waals surface area contributed by atoms with Crippen molar-refractivity contribution < 1.29 is 0 Å². The van der Waals surface area contributed by atoms with E-state index in [4.69, 9.17) is 0 Å². The predicted molar refractivity (Wildman–Crippen MR) is 86.8 cm³/mol. The lowest BCUT2D eigenvalue weighted by Gasteiger charge is -2.17. The maximum atomic E-state index is 4.44. The number of thiophene rings is 1. The van der Waals surface area contributed by atoms with Crippen molar-refractivity contribution in [2.45, 2.75) is 58.5 Å². The number of hydrogen-bond donors (Lipinski definition) is 1. The summed E-state index contributed by atoms with van der Waals surface area (Å²) in [5.74, 6) is 1.08. The van der Waals surface area contributed by atoms with Crippen LogP contribution >= 0.6 is 11.3 Å². The molecule has 1 atom stereocenters. The third kappa shape index (κ3) is 3.19. The monoisotopic (exact) mass is 304 g/mol. The molecule has 0 aromatic carbocycles. The highest BCUT2D eigenvalue weighted by atomic mass is 32.1. The molecule has 21 heavy (non-hydrogen) atoms. The van der Waals surface area contributed by atoms with Crippen LogP contribution < -0.4 is 5.32 Å². The summed E-state index contributed by atoms with van der Waals surface area (Å²) in [6, 6.07) is 2.79. The first-order chi connectivity index (χ1) is 10.3. The molecule has 0 saturated carbocycles. The summed E-state index contributed by atoms with van der Waals surface area (Å²) in [7, 11) is 0. The molecule has 1 aliphatic carbocycles. The minimum atomic E-state index is 0.370. The second-order valence-corrected chi connectivity index (χ2v) is 6.82. The zero-order valence-corrected chi connectivity index (χ0v) is 13.7. The highest BCUT2D eigenvalue weighted by Gasteiger charge is 2.21. The van der Waals surface area contributed by atoms with Crippen LogP contribution in [0, 0.1) is 0 Å². The van der Waals surface area contributed by atoms with Gasteiger partial charge in [0, 0.05) is 28.8 Å². The quantitative estimate of drug-likeness (QED) is 0.854. The van der Waals surface area contributed by atoms with E-state index in [1.807, 2.05) is 16.0 Å². The molecule has 4 nitrogen and oxygen atoms in total. The molecule has 0 saturated heterocycles. The van der Waals surface area contributed by atoms with Crippen LogP contribution in [0.2, 0.25) is 0 Å². The van der Waals surface area contributed by atoms with Gasteiger partial charge in [0.2, 0.25) is 0 Å². The van der Waals surface area contributed by atoms with Gasteiger partial charge in [0.25, 0.3) is 0 Å². The minimum absolute atomic E-state index is 0.370. The SMILES string of the molecule is CCCNC(Cc1ncnn1CC)c1cc2c(s1)CCC2. The standard InChI is InChI=1S/C16H24N4S/c1-3-8-17-13(10-16-18-11-19-20(16)4-2)15-9-12-6-5-7-14(12)21-15/h9,11,13,17H,3-8,10H2,1-2H3. The Hall–Kier alpha value is -1.20. The van der Waals surface area contributed by atoms with Gasteiger partial charge in [-0.2, -0.15) is 5.10 Å². The molecule has 1 aliphatic rings. The lowest BCUT2D eigenvalue weighted by molar-refractivity contribution is 0.502. The Balaban J connectivity index is 1.79. The molecule has 114 valence electrons. The zero-order chi connectivity index (χ0) is 14.7. The fourth-order valence-corrected chi connectivity index (χ4v) is 4.34.